The molecule has 0 aromatic heterocycles. The van der Waals surface area contributed by atoms with E-state index in [1.54, 1.807) is 0 Å². The molecule has 1 nitrogen and oxygen atoms in total. The van der Waals surface area contributed by atoms with Crippen molar-refractivity contribution in [1.29, 1.82) is 0 Å². The van der Waals surface area contributed by atoms with Gasteiger partial charge < -0.3 is 5.32 Å². The van der Waals surface area contributed by atoms with Gasteiger partial charge in [-0.2, -0.15) is 0 Å². The van der Waals surface area contributed by atoms with Crippen LogP contribution in [0.2, 0.25) is 0 Å². The van der Waals surface area contributed by atoms with Crippen LogP contribution in [0.4, 0.5) is 0 Å². The maximum absolute atomic E-state index is 3.90. The number of benzene rings is 1. The van der Waals surface area contributed by atoms with Crippen LogP contribution in [0.5, 0.6) is 0 Å². The summed E-state index contributed by atoms with van der Waals surface area (Å²) in [6.45, 7) is 8.28. The summed E-state index contributed by atoms with van der Waals surface area (Å²) < 4.78 is 0. The summed E-state index contributed by atoms with van der Waals surface area (Å²) >= 11 is 0. The van der Waals surface area contributed by atoms with Gasteiger partial charge in [0.1, 0.15) is 0 Å². The molecule has 1 N–H and O–H groups in total. The molecular formula is C11H13N. The minimum atomic E-state index is 0.758. The summed E-state index contributed by atoms with van der Waals surface area (Å²) in [6.07, 6.45) is 1.81. The number of hydrogen-bond donors (Lipinski definition) is 1. The summed E-state index contributed by atoms with van der Waals surface area (Å²) in [5.41, 5.74) is 2.06. The highest BCUT2D eigenvalue weighted by Crippen LogP contribution is 2.07. The highest BCUT2D eigenvalue weighted by atomic mass is 14.9. The minimum absolute atomic E-state index is 0.758. The van der Waals surface area contributed by atoms with E-state index in [1.807, 2.05) is 36.4 Å². The van der Waals surface area contributed by atoms with E-state index < -0.39 is 0 Å². The van der Waals surface area contributed by atoms with Gasteiger partial charge in [-0.25, -0.2) is 0 Å². The van der Waals surface area contributed by atoms with E-state index in [-0.39, 0.29) is 0 Å². The Bertz CT molecular complexity index is 262. The number of rotatable bonds is 4. The quantitative estimate of drug-likeness (QED) is 0.665. The first-order valence-electron chi connectivity index (χ1n) is 3.93. The van der Waals surface area contributed by atoms with E-state index in [1.165, 1.54) is 0 Å². The van der Waals surface area contributed by atoms with E-state index in [4.69, 9.17) is 0 Å². The third-order valence-corrected chi connectivity index (χ3v) is 1.58. The first kappa shape index (κ1) is 8.60. The van der Waals surface area contributed by atoms with Crippen LogP contribution < -0.4 is 5.32 Å². The van der Waals surface area contributed by atoms with Crippen molar-refractivity contribution in [2.45, 2.75) is 0 Å². The molecule has 1 aromatic rings. The van der Waals surface area contributed by atoms with Crippen LogP contribution in [-0.4, -0.2) is 6.54 Å². The molecular weight excluding hydrogens is 146 g/mol. The van der Waals surface area contributed by atoms with Crippen molar-refractivity contribution in [1.82, 2.24) is 5.32 Å². The van der Waals surface area contributed by atoms with E-state index in [2.05, 4.69) is 18.5 Å². The predicted molar refractivity (Wildman–Crippen MR) is 53.7 cm³/mol. The van der Waals surface area contributed by atoms with Crippen LogP contribution in [-0.2, 0) is 0 Å². The summed E-state index contributed by atoms with van der Waals surface area (Å²) in [5, 5.41) is 3.14. The van der Waals surface area contributed by atoms with E-state index >= 15 is 0 Å². The molecule has 0 fully saturated rings. The zero-order valence-corrected chi connectivity index (χ0v) is 7.09. The van der Waals surface area contributed by atoms with Crippen LogP contribution in [0.3, 0.4) is 0 Å². The van der Waals surface area contributed by atoms with Gasteiger partial charge in [-0.05, 0) is 5.56 Å². The Hall–Kier alpha value is -1.50. The maximum Gasteiger partial charge on any atom is 0.0343 e. The van der Waals surface area contributed by atoms with E-state index in [0.29, 0.717) is 0 Å². The second-order valence-electron chi connectivity index (χ2n) is 2.51. The van der Waals surface area contributed by atoms with Crippen molar-refractivity contribution in [3.8, 4) is 0 Å². The van der Waals surface area contributed by atoms with Crippen LogP contribution in [0.15, 0.2) is 49.6 Å². The molecule has 0 unspecified atom stereocenters. The lowest BCUT2D eigenvalue weighted by molar-refractivity contribution is 1.01. The largest absolute Gasteiger partial charge is 0.382 e. The van der Waals surface area contributed by atoms with Gasteiger partial charge in [0, 0.05) is 12.2 Å². The van der Waals surface area contributed by atoms with Gasteiger partial charge in [0.25, 0.3) is 0 Å². The zero-order chi connectivity index (χ0) is 8.81. The molecule has 0 radical (unpaired) electrons. The molecule has 0 aliphatic heterocycles. The fourth-order valence-electron chi connectivity index (χ4n) is 0.937. The molecule has 1 heteroatoms. The summed E-state index contributed by atoms with van der Waals surface area (Å²) in [6, 6.07) is 10.0. The van der Waals surface area contributed by atoms with Gasteiger partial charge in [0.05, 0.1) is 0 Å². The lowest BCUT2D eigenvalue weighted by Crippen LogP contribution is -2.10. The predicted octanol–water partition coefficient (Wildman–Crippen LogP) is 2.43. The monoisotopic (exact) mass is 159 g/mol. The lowest BCUT2D eigenvalue weighted by atomic mass is 10.2. The minimum Gasteiger partial charge on any atom is -0.382 e. The van der Waals surface area contributed by atoms with Crippen molar-refractivity contribution in [2.24, 2.45) is 0 Å². The number of hydrogen-bond acceptors (Lipinski definition) is 1. The normalized spacial score (nSPS) is 9.00. The van der Waals surface area contributed by atoms with E-state index in [0.717, 1.165) is 17.8 Å². The summed E-state index contributed by atoms with van der Waals surface area (Å²) in [5.74, 6) is 0. The second kappa shape index (κ2) is 4.39. The standard InChI is InChI=1S/C11H13N/c1-3-9-12-10(2)11-7-5-4-6-8-11/h3-8,12H,1-2,9H2. The Morgan fingerprint density at radius 2 is 2.00 bits per heavy atom. The third kappa shape index (κ3) is 2.27. The summed E-state index contributed by atoms with van der Waals surface area (Å²) in [4.78, 5) is 0. The average Bonchev–Trinajstić information content (AvgIpc) is 2.15. The van der Waals surface area contributed by atoms with Gasteiger partial charge in [0.15, 0.2) is 0 Å². The van der Waals surface area contributed by atoms with Gasteiger partial charge in [-0.3, -0.25) is 0 Å². The summed E-state index contributed by atoms with van der Waals surface area (Å²) in [7, 11) is 0. The highest BCUT2D eigenvalue weighted by molar-refractivity contribution is 5.61. The molecule has 0 bridgehead atoms. The zero-order valence-electron chi connectivity index (χ0n) is 7.09. The van der Waals surface area contributed by atoms with Gasteiger partial charge in [-0.15, -0.1) is 6.58 Å². The van der Waals surface area contributed by atoms with Gasteiger partial charge in [0.2, 0.25) is 0 Å². The Labute approximate surface area is 73.4 Å². The molecule has 0 aliphatic carbocycles. The van der Waals surface area contributed by atoms with Crippen molar-refractivity contribution >= 4 is 5.70 Å². The molecule has 1 rings (SSSR count). The molecule has 0 saturated carbocycles. The molecule has 0 saturated heterocycles. The average molecular weight is 159 g/mol. The fourth-order valence-corrected chi connectivity index (χ4v) is 0.937. The van der Waals surface area contributed by atoms with Crippen molar-refractivity contribution < 1.29 is 0 Å². The second-order valence-corrected chi connectivity index (χ2v) is 2.51. The molecule has 1 aromatic carbocycles. The lowest BCUT2D eigenvalue weighted by Gasteiger charge is -2.06. The molecule has 0 atom stereocenters. The Balaban J connectivity index is 2.59. The van der Waals surface area contributed by atoms with Crippen molar-refractivity contribution in [3.05, 3.63) is 55.1 Å². The van der Waals surface area contributed by atoms with Crippen molar-refractivity contribution in [2.75, 3.05) is 6.54 Å². The maximum atomic E-state index is 3.90. The smallest absolute Gasteiger partial charge is 0.0343 e. The van der Waals surface area contributed by atoms with Crippen LogP contribution >= 0.6 is 0 Å². The molecule has 0 heterocycles. The Morgan fingerprint density at radius 3 is 2.58 bits per heavy atom. The molecule has 0 amide bonds. The van der Waals surface area contributed by atoms with Crippen LogP contribution in [0, 0.1) is 0 Å². The Kier molecular flexibility index (Phi) is 3.15. The molecule has 12 heavy (non-hydrogen) atoms. The van der Waals surface area contributed by atoms with Crippen LogP contribution in [0.25, 0.3) is 5.70 Å². The first-order valence-corrected chi connectivity index (χ1v) is 3.93. The van der Waals surface area contributed by atoms with Crippen molar-refractivity contribution in [3.63, 3.8) is 0 Å². The fraction of sp³-hybridized carbons (Fsp3) is 0.0909. The first-order chi connectivity index (χ1) is 5.84. The van der Waals surface area contributed by atoms with E-state index in [9.17, 15) is 0 Å². The van der Waals surface area contributed by atoms with Crippen LogP contribution in [0.1, 0.15) is 5.56 Å². The molecule has 0 spiro atoms. The highest BCUT2D eigenvalue weighted by Gasteiger charge is 1.93. The third-order valence-electron chi connectivity index (χ3n) is 1.58. The molecule has 0 aliphatic rings. The van der Waals surface area contributed by atoms with Gasteiger partial charge >= 0.3 is 0 Å². The van der Waals surface area contributed by atoms with Gasteiger partial charge in [-0.1, -0.05) is 43.0 Å². The SMILES string of the molecule is C=CCNC(=C)c1ccccc1. The molecule has 62 valence electrons. The topological polar surface area (TPSA) is 12.0 Å². The number of nitrogens with one attached hydrogen (secondary N) is 1. The Morgan fingerprint density at radius 1 is 1.33 bits per heavy atom.